The Bertz CT molecular complexity index is 652. The summed E-state index contributed by atoms with van der Waals surface area (Å²) in [7, 11) is 0. The van der Waals surface area contributed by atoms with Gasteiger partial charge in [-0.3, -0.25) is 0 Å². The van der Waals surface area contributed by atoms with Crippen molar-refractivity contribution in [1.29, 1.82) is 0 Å². The van der Waals surface area contributed by atoms with Gasteiger partial charge in [-0.2, -0.15) is 0 Å². The Morgan fingerprint density at radius 1 is 1.20 bits per heavy atom. The van der Waals surface area contributed by atoms with E-state index in [1.54, 1.807) is 12.1 Å². The van der Waals surface area contributed by atoms with Crippen molar-refractivity contribution in [2.45, 2.75) is 38.5 Å². The van der Waals surface area contributed by atoms with Crippen LogP contribution in [0.1, 0.15) is 44.1 Å². The highest BCUT2D eigenvalue weighted by molar-refractivity contribution is 5.76. The molecular formula is C21H28N2O2. The maximum absolute atomic E-state index is 12.4. The predicted molar refractivity (Wildman–Crippen MR) is 99.2 cm³/mol. The summed E-state index contributed by atoms with van der Waals surface area (Å²) in [5.74, 6) is 3.06. The fourth-order valence-electron chi connectivity index (χ4n) is 5.00. The third-order valence-corrected chi connectivity index (χ3v) is 6.41. The lowest BCUT2D eigenvalue weighted by Gasteiger charge is -2.27. The van der Waals surface area contributed by atoms with Gasteiger partial charge in [-0.1, -0.05) is 24.6 Å². The zero-order valence-electron chi connectivity index (χ0n) is 14.8. The maximum atomic E-state index is 12.4. The molecule has 4 heteroatoms. The van der Waals surface area contributed by atoms with Crippen molar-refractivity contribution in [2.75, 3.05) is 19.6 Å². The lowest BCUT2D eigenvalue weighted by molar-refractivity contribution is 0.201. The Morgan fingerprint density at radius 3 is 2.68 bits per heavy atom. The zero-order chi connectivity index (χ0) is 17.2. The Labute approximate surface area is 149 Å². The number of carbonyl (C=O) groups is 1. The van der Waals surface area contributed by atoms with Crippen molar-refractivity contribution in [2.24, 2.45) is 17.8 Å². The molecule has 2 aliphatic carbocycles. The van der Waals surface area contributed by atoms with Crippen molar-refractivity contribution in [3.05, 3.63) is 35.9 Å². The number of fused-ring (bicyclic) bond motifs is 2. The summed E-state index contributed by atoms with van der Waals surface area (Å²) in [5.41, 5.74) is 2.39. The number of urea groups is 1. The molecule has 2 bridgehead atoms. The second kappa shape index (κ2) is 7.11. The van der Waals surface area contributed by atoms with E-state index in [4.69, 9.17) is 0 Å². The smallest absolute Gasteiger partial charge is 0.317 e. The van der Waals surface area contributed by atoms with Gasteiger partial charge in [0.05, 0.1) is 0 Å². The average molecular weight is 340 g/mol. The van der Waals surface area contributed by atoms with E-state index in [2.05, 4.69) is 11.4 Å². The van der Waals surface area contributed by atoms with Crippen LogP contribution in [0.5, 0.6) is 5.75 Å². The van der Waals surface area contributed by atoms with E-state index >= 15 is 0 Å². The van der Waals surface area contributed by atoms with Gasteiger partial charge in [-0.05, 0) is 73.1 Å². The van der Waals surface area contributed by atoms with Crippen molar-refractivity contribution in [3.8, 4) is 5.75 Å². The second-order valence-corrected chi connectivity index (χ2v) is 7.93. The van der Waals surface area contributed by atoms with Gasteiger partial charge in [0.1, 0.15) is 5.75 Å². The highest BCUT2D eigenvalue weighted by Crippen LogP contribution is 2.49. The lowest BCUT2D eigenvalue weighted by atomic mass is 9.86. The SMILES string of the molecule is O=C(NCC[C@@H]1C[C@H]2CC[C@H]1C2)N1CC=C(c2ccc(O)cc2)CC1. The molecule has 3 atom stereocenters. The maximum Gasteiger partial charge on any atom is 0.317 e. The minimum absolute atomic E-state index is 0.0733. The van der Waals surface area contributed by atoms with Crippen molar-refractivity contribution in [3.63, 3.8) is 0 Å². The van der Waals surface area contributed by atoms with Crippen LogP contribution in [0.2, 0.25) is 0 Å². The van der Waals surface area contributed by atoms with E-state index in [0.29, 0.717) is 6.54 Å². The van der Waals surface area contributed by atoms with Gasteiger partial charge in [0.25, 0.3) is 0 Å². The molecule has 4 nitrogen and oxygen atoms in total. The molecule has 0 unspecified atom stereocenters. The Morgan fingerprint density at radius 2 is 2.04 bits per heavy atom. The third-order valence-electron chi connectivity index (χ3n) is 6.41. The first-order chi connectivity index (χ1) is 12.2. The quantitative estimate of drug-likeness (QED) is 0.870. The Hall–Kier alpha value is -1.97. The highest BCUT2D eigenvalue weighted by atomic mass is 16.3. The standard InChI is InChI=1S/C21H28N2O2/c24-20-5-3-16(4-6-20)17-8-11-23(12-9-17)21(25)22-10-7-19-14-15-1-2-18(19)13-15/h3-6,8,15,18-19,24H,1-2,7,9-14H2,(H,22,25)/t15-,18-,19+/m0/s1. The van der Waals surface area contributed by atoms with Crippen LogP contribution in [-0.4, -0.2) is 35.7 Å². The summed E-state index contributed by atoms with van der Waals surface area (Å²) >= 11 is 0. The number of aromatic hydroxyl groups is 1. The number of benzene rings is 1. The first-order valence-electron chi connectivity index (χ1n) is 9.70. The molecule has 0 saturated heterocycles. The summed E-state index contributed by atoms with van der Waals surface area (Å²) in [5, 5.41) is 12.5. The topological polar surface area (TPSA) is 52.6 Å². The third kappa shape index (κ3) is 3.68. The molecule has 4 rings (SSSR count). The largest absolute Gasteiger partial charge is 0.508 e. The number of nitrogens with zero attached hydrogens (tertiary/aromatic N) is 1. The number of amides is 2. The normalized spacial score (nSPS) is 28.1. The molecule has 2 N–H and O–H groups in total. The molecule has 1 heterocycles. The zero-order valence-corrected chi connectivity index (χ0v) is 14.8. The highest BCUT2D eigenvalue weighted by Gasteiger charge is 2.38. The van der Waals surface area contributed by atoms with Crippen LogP contribution >= 0.6 is 0 Å². The van der Waals surface area contributed by atoms with E-state index < -0.39 is 0 Å². The molecule has 0 spiro atoms. The summed E-state index contributed by atoms with van der Waals surface area (Å²) in [4.78, 5) is 14.3. The molecular weight excluding hydrogens is 312 g/mol. The number of hydrogen-bond acceptors (Lipinski definition) is 2. The first kappa shape index (κ1) is 16.5. The van der Waals surface area contributed by atoms with Crippen LogP contribution < -0.4 is 5.32 Å². The molecule has 0 aromatic heterocycles. The molecule has 1 aromatic carbocycles. The van der Waals surface area contributed by atoms with Crippen LogP contribution in [0.4, 0.5) is 4.79 Å². The molecule has 2 saturated carbocycles. The number of phenolic OH excluding ortho intramolecular Hbond substituents is 1. The van der Waals surface area contributed by atoms with Crippen LogP contribution in [0, 0.1) is 17.8 Å². The molecule has 1 aromatic rings. The van der Waals surface area contributed by atoms with Crippen LogP contribution in [-0.2, 0) is 0 Å². The van der Waals surface area contributed by atoms with Crippen LogP contribution in [0.15, 0.2) is 30.3 Å². The molecule has 3 aliphatic rings. The summed E-state index contributed by atoms with van der Waals surface area (Å²) in [6, 6.07) is 7.37. The molecule has 2 amide bonds. The fraction of sp³-hybridized carbons (Fsp3) is 0.571. The van der Waals surface area contributed by atoms with Crippen LogP contribution in [0.3, 0.4) is 0 Å². The van der Waals surface area contributed by atoms with Gasteiger partial charge in [0, 0.05) is 19.6 Å². The van der Waals surface area contributed by atoms with Crippen molar-refractivity contribution in [1.82, 2.24) is 10.2 Å². The molecule has 25 heavy (non-hydrogen) atoms. The molecule has 2 fully saturated rings. The molecule has 1 aliphatic heterocycles. The number of hydrogen-bond donors (Lipinski definition) is 2. The lowest BCUT2D eigenvalue weighted by Crippen LogP contribution is -2.42. The van der Waals surface area contributed by atoms with Gasteiger partial charge in [0.2, 0.25) is 0 Å². The van der Waals surface area contributed by atoms with Crippen molar-refractivity contribution >= 4 is 11.6 Å². The van der Waals surface area contributed by atoms with Gasteiger partial charge in [-0.15, -0.1) is 0 Å². The van der Waals surface area contributed by atoms with Gasteiger partial charge >= 0.3 is 6.03 Å². The van der Waals surface area contributed by atoms with Gasteiger partial charge in [0.15, 0.2) is 0 Å². The number of rotatable bonds is 4. The summed E-state index contributed by atoms with van der Waals surface area (Å²) in [6.07, 6.45) is 9.83. The van der Waals surface area contributed by atoms with E-state index in [0.717, 1.165) is 49.2 Å². The molecule has 0 radical (unpaired) electrons. The minimum Gasteiger partial charge on any atom is -0.508 e. The summed E-state index contributed by atoms with van der Waals surface area (Å²) in [6.45, 7) is 2.24. The van der Waals surface area contributed by atoms with Gasteiger partial charge < -0.3 is 15.3 Å². The number of phenols is 1. The Kier molecular flexibility index (Phi) is 4.69. The Balaban J connectivity index is 1.23. The molecule has 134 valence electrons. The predicted octanol–water partition coefficient (Wildman–Crippen LogP) is 4.02. The van der Waals surface area contributed by atoms with Gasteiger partial charge in [-0.25, -0.2) is 4.79 Å². The minimum atomic E-state index is 0.0733. The summed E-state index contributed by atoms with van der Waals surface area (Å²) < 4.78 is 0. The first-order valence-corrected chi connectivity index (χ1v) is 9.70. The average Bonchev–Trinajstić information content (AvgIpc) is 3.26. The number of nitrogens with one attached hydrogen (secondary N) is 1. The van der Waals surface area contributed by atoms with E-state index in [1.807, 2.05) is 17.0 Å². The van der Waals surface area contributed by atoms with E-state index in [9.17, 15) is 9.90 Å². The van der Waals surface area contributed by atoms with E-state index in [1.165, 1.54) is 31.3 Å². The van der Waals surface area contributed by atoms with Crippen LogP contribution in [0.25, 0.3) is 5.57 Å². The second-order valence-electron chi connectivity index (χ2n) is 7.93. The van der Waals surface area contributed by atoms with Crippen molar-refractivity contribution < 1.29 is 9.90 Å². The monoisotopic (exact) mass is 340 g/mol. The van der Waals surface area contributed by atoms with E-state index in [-0.39, 0.29) is 11.8 Å². The number of carbonyl (C=O) groups excluding carboxylic acids is 1. The fourth-order valence-corrected chi connectivity index (χ4v) is 5.00.